The van der Waals surface area contributed by atoms with Crippen molar-refractivity contribution in [2.45, 2.75) is 32.6 Å². The fraction of sp³-hybridized carbons (Fsp3) is 0.435. The van der Waals surface area contributed by atoms with E-state index >= 15 is 0 Å². The van der Waals surface area contributed by atoms with E-state index in [1.54, 1.807) is 11.6 Å². The molecule has 1 aliphatic heterocycles. The highest BCUT2D eigenvalue weighted by Gasteiger charge is 2.24. The van der Waals surface area contributed by atoms with Crippen molar-refractivity contribution in [3.05, 3.63) is 47.3 Å². The van der Waals surface area contributed by atoms with E-state index in [1.165, 1.54) is 6.07 Å². The lowest BCUT2D eigenvalue weighted by molar-refractivity contribution is 0.129. The minimum atomic E-state index is -0.325. The number of imidazole rings is 2. The van der Waals surface area contributed by atoms with E-state index in [-0.39, 0.29) is 5.82 Å². The normalized spacial score (nSPS) is 16.0. The van der Waals surface area contributed by atoms with Gasteiger partial charge in [0.2, 0.25) is 0 Å². The summed E-state index contributed by atoms with van der Waals surface area (Å²) in [5.41, 5.74) is 5.29. The van der Waals surface area contributed by atoms with Crippen LogP contribution in [0.25, 0.3) is 27.9 Å². The van der Waals surface area contributed by atoms with Crippen LogP contribution < -0.4 is 0 Å². The van der Waals surface area contributed by atoms with Gasteiger partial charge in [-0.1, -0.05) is 0 Å². The molecule has 0 spiro atoms. The molecule has 0 aliphatic carbocycles. The number of methoxy groups -OCH3 is 1. The van der Waals surface area contributed by atoms with Crippen molar-refractivity contribution in [1.29, 1.82) is 0 Å². The van der Waals surface area contributed by atoms with Crippen LogP contribution in [0.1, 0.15) is 35.8 Å². The second-order valence-electron chi connectivity index (χ2n) is 8.45. The van der Waals surface area contributed by atoms with Crippen molar-refractivity contribution in [3.8, 4) is 11.3 Å². The summed E-state index contributed by atoms with van der Waals surface area (Å²) in [7, 11) is 1.73. The molecule has 1 aliphatic rings. The molecule has 4 aromatic rings. The largest absolute Gasteiger partial charge is 0.383 e. The van der Waals surface area contributed by atoms with Crippen LogP contribution in [0, 0.1) is 19.7 Å². The zero-order valence-electron chi connectivity index (χ0n) is 18.2. The molecule has 4 heterocycles. The maximum Gasteiger partial charge on any atom is 0.156 e. The molecule has 31 heavy (non-hydrogen) atoms. The summed E-state index contributed by atoms with van der Waals surface area (Å²) in [5.74, 6) is 0.871. The summed E-state index contributed by atoms with van der Waals surface area (Å²) >= 11 is 0. The van der Waals surface area contributed by atoms with Crippen LogP contribution in [-0.2, 0) is 4.74 Å². The van der Waals surface area contributed by atoms with Gasteiger partial charge in [-0.3, -0.25) is 0 Å². The molecular formula is C23H27FN6O. The van der Waals surface area contributed by atoms with Crippen molar-refractivity contribution >= 4 is 16.7 Å². The lowest BCUT2D eigenvalue weighted by Gasteiger charge is -2.30. The predicted octanol–water partition coefficient (Wildman–Crippen LogP) is 3.85. The number of hydrogen-bond acceptors (Lipinski definition) is 5. The van der Waals surface area contributed by atoms with Crippen LogP contribution >= 0.6 is 0 Å². The van der Waals surface area contributed by atoms with E-state index in [4.69, 9.17) is 4.74 Å². The summed E-state index contributed by atoms with van der Waals surface area (Å²) in [5, 5.41) is 4.64. The van der Waals surface area contributed by atoms with E-state index in [0.29, 0.717) is 22.6 Å². The van der Waals surface area contributed by atoms with Crippen molar-refractivity contribution in [1.82, 2.24) is 29.5 Å². The summed E-state index contributed by atoms with van der Waals surface area (Å²) in [4.78, 5) is 14.9. The molecule has 0 amide bonds. The topological polar surface area (TPSA) is 71.3 Å². The Balaban J connectivity index is 1.44. The van der Waals surface area contributed by atoms with E-state index in [9.17, 15) is 4.39 Å². The van der Waals surface area contributed by atoms with E-state index in [0.717, 1.165) is 67.4 Å². The Morgan fingerprint density at radius 2 is 1.97 bits per heavy atom. The summed E-state index contributed by atoms with van der Waals surface area (Å²) in [6.45, 7) is 7.65. The van der Waals surface area contributed by atoms with E-state index in [2.05, 4.69) is 25.0 Å². The average molecular weight is 423 g/mol. The molecule has 1 N–H and O–H groups in total. The molecule has 3 aromatic heterocycles. The number of aromatic nitrogens is 5. The van der Waals surface area contributed by atoms with Crippen LogP contribution in [-0.4, -0.2) is 62.8 Å². The maximum atomic E-state index is 15.0. The van der Waals surface area contributed by atoms with Crippen molar-refractivity contribution in [2.24, 2.45) is 0 Å². The molecule has 7 nitrogen and oxygen atoms in total. The molecule has 0 unspecified atom stereocenters. The number of benzene rings is 1. The molecule has 5 rings (SSSR count). The van der Waals surface area contributed by atoms with Gasteiger partial charge in [-0.05, 0) is 63.5 Å². The highest BCUT2D eigenvalue weighted by atomic mass is 19.1. The number of halogens is 1. The molecule has 0 atom stereocenters. The molecule has 0 saturated carbocycles. The molecule has 162 valence electrons. The van der Waals surface area contributed by atoms with Crippen molar-refractivity contribution in [3.63, 3.8) is 0 Å². The van der Waals surface area contributed by atoms with Gasteiger partial charge in [0.25, 0.3) is 0 Å². The third-order valence-electron chi connectivity index (χ3n) is 6.17. The van der Waals surface area contributed by atoms with Gasteiger partial charge in [0.1, 0.15) is 11.3 Å². The first-order valence-electron chi connectivity index (χ1n) is 10.8. The zero-order chi connectivity index (χ0) is 21.5. The Bertz CT molecular complexity index is 1240. The number of ether oxygens (including phenoxy) is 1. The highest BCUT2D eigenvalue weighted by molar-refractivity contribution is 5.82. The van der Waals surface area contributed by atoms with Crippen LogP contribution in [0.4, 0.5) is 4.39 Å². The number of rotatable bonds is 5. The summed E-state index contributed by atoms with van der Waals surface area (Å²) in [6.07, 6.45) is 3.90. The second kappa shape index (κ2) is 8.01. The molecule has 1 saturated heterocycles. The van der Waals surface area contributed by atoms with Crippen LogP contribution in [0.15, 0.2) is 24.4 Å². The molecule has 8 heteroatoms. The molecule has 1 fully saturated rings. The summed E-state index contributed by atoms with van der Waals surface area (Å²) < 4.78 is 21.9. The number of piperidine rings is 1. The number of H-pyrrole nitrogens is 1. The number of aryl methyl sites for hydroxylation is 2. The van der Waals surface area contributed by atoms with Gasteiger partial charge >= 0.3 is 0 Å². The first-order chi connectivity index (χ1) is 15.0. The quantitative estimate of drug-likeness (QED) is 0.529. The van der Waals surface area contributed by atoms with Crippen LogP contribution in [0.5, 0.6) is 0 Å². The fourth-order valence-corrected chi connectivity index (χ4v) is 4.47. The first-order valence-corrected chi connectivity index (χ1v) is 10.8. The van der Waals surface area contributed by atoms with Gasteiger partial charge in [0.15, 0.2) is 11.5 Å². The Kier molecular flexibility index (Phi) is 5.19. The average Bonchev–Trinajstić information content (AvgIpc) is 3.36. The number of fused-ring (bicyclic) bond motifs is 2. The van der Waals surface area contributed by atoms with E-state index < -0.39 is 0 Å². The van der Waals surface area contributed by atoms with Gasteiger partial charge in [0, 0.05) is 25.1 Å². The van der Waals surface area contributed by atoms with Gasteiger partial charge in [-0.25, -0.2) is 18.9 Å². The molecular weight excluding hydrogens is 395 g/mol. The summed E-state index contributed by atoms with van der Waals surface area (Å²) in [6, 6.07) is 5.42. The standard InChI is InChI=1S/C23H27FN6O/c1-14-10-19(28-30-13-15(2)25-23(14)30)17-11-18(24)21-20(12-17)26-22(27-21)16-4-6-29(7-5-16)8-9-31-3/h10-13,16H,4-9H2,1-3H3,(H,26,27). The Hall–Kier alpha value is -2.84. The fourth-order valence-electron chi connectivity index (χ4n) is 4.47. The molecule has 0 bridgehead atoms. The first kappa shape index (κ1) is 20.1. The third-order valence-corrected chi connectivity index (χ3v) is 6.17. The third kappa shape index (κ3) is 3.81. The Labute approximate surface area is 180 Å². The van der Waals surface area contributed by atoms with Crippen LogP contribution in [0.3, 0.4) is 0 Å². The number of hydrogen-bond donors (Lipinski definition) is 1. The van der Waals surface area contributed by atoms with Gasteiger partial charge in [-0.15, -0.1) is 0 Å². The SMILES string of the molecule is COCCN1CCC(c2nc3c(F)cc(-c4cc(C)c5nc(C)cn5n4)cc3[nH]2)CC1. The van der Waals surface area contributed by atoms with Gasteiger partial charge < -0.3 is 14.6 Å². The maximum absolute atomic E-state index is 15.0. The van der Waals surface area contributed by atoms with Gasteiger partial charge in [-0.2, -0.15) is 5.10 Å². The van der Waals surface area contributed by atoms with E-state index in [1.807, 2.05) is 32.2 Å². The highest BCUT2D eigenvalue weighted by Crippen LogP contribution is 2.31. The van der Waals surface area contributed by atoms with Crippen LogP contribution in [0.2, 0.25) is 0 Å². The minimum Gasteiger partial charge on any atom is -0.383 e. The molecule has 1 aromatic carbocycles. The number of nitrogens with zero attached hydrogens (tertiary/aromatic N) is 5. The lowest BCUT2D eigenvalue weighted by atomic mass is 9.96. The predicted molar refractivity (Wildman–Crippen MR) is 118 cm³/mol. The number of aromatic amines is 1. The smallest absolute Gasteiger partial charge is 0.156 e. The number of nitrogens with one attached hydrogen (secondary N) is 1. The monoisotopic (exact) mass is 422 g/mol. The minimum absolute atomic E-state index is 0.319. The second-order valence-corrected chi connectivity index (χ2v) is 8.45. The lowest BCUT2D eigenvalue weighted by Crippen LogP contribution is -2.35. The Morgan fingerprint density at radius 1 is 1.16 bits per heavy atom. The number of likely N-dealkylation sites (tertiary alicyclic amines) is 1. The molecule has 0 radical (unpaired) electrons. The van der Waals surface area contributed by atoms with Crippen molar-refractivity contribution in [2.75, 3.05) is 33.4 Å². The van der Waals surface area contributed by atoms with Crippen molar-refractivity contribution < 1.29 is 9.13 Å². The Morgan fingerprint density at radius 3 is 2.74 bits per heavy atom. The zero-order valence-corrected chi connectivity index (χ0v) is 18.2. The van der Waals surface area contributed by atoms with Gasteiger partial charge in [0.05, 0.1) is 29.7 Å².